The van der Waals surface area contributed by atoms with Gasteiger partial charge in [-0.3, -0.25) is 0 Å². The van der Waals surface area contributed by atoms with Gasteiger partial charge < -0.3 is 15.8 Å². The minimum Gasteiger partial charge on any atom is -0.395 e. The smallest absolute Gasteiger partial charge is 0.0553 e. The first-order valence-corrected chi connectivity index (χ1v) is 5.28. The molecule has 3 heteroatoms. The van der Waals surface area contributed by atoms with Crippen molar-refractivity contribution in [1.29, 1.82) is 0 Å². The molecular formula is C11H22N2O. The first kappa shape index (κ1) is 13.2. The quantitative estimate of drug-likeness (QED) is 0.630. The Balaban J connectivity index is 0.000000364. The van der Waals surface area contributed by atoms with Crippen LogP contribution in [-0.2, 0) is 6.42 Å². The molecule has 1 aromatic rings. The Morgan fingerprint density at radius 1 is 1.43 bits per heavy atom. The molecular weight excluding hydrogens is 176 g/mol. The Morgan fingerprint density at radius 2 is 2.14 bits per heavy atom. The fourth-order valence-corrected chi connectivity index (χ4v) is 1.09. The lowest BCUT2D eigenvalue weighted by Gasteiger charge is -1.94. The molecule has 0 radical (unpaired) electrons. The molecule has 0 saturated heterocycles. The maximum Gasteiger partial charge on any atom is 0.0553 e. The first-order chi connectivity index (χ1) is 6.85. The minimum atomic E-state index is 0.0972. The predicted molar refractivity (Wildman–Crippen MR) is 60.2 cm³/mol. The van der Waals surface area contributed by atoms with Crippen LogP contribution in [0.4, 0.5) is 0 Å². The van der Waals surface area contributed by atoms with Crippen LogP contribution in [0.3, 0.4) is 0 Å². The summed E-state index contributed by atoms with van der Waals surface area (Å²) in [5.41, 5.74) is 6.15. The minimum absolute atomic E-state index is 0.0972. The van der Waals surface area contributed by atoms with Gasteiger partial charge in [0.1, 0.15) is 0 Å². The first-order valence-electron chi connectivity index (χ1n) is 5.28. The van der Waals surface area contributed by atoms with Gasteiger partial charge in [0.15, 0.2) is 0 Å². The summed E-state index contributed by atoms with van der Waals surface area (Å²) in [6, 6.07) is 4.21. The second kappa shape index (κ2) is 10.3. The van der Waals surface area contributed by atoms with E-state index in [1.807, 2.05) is 6.20 Å². The number of hydrogen-bond donors (Lipinski definition) is 3. The van der Waals surface area contributed by atoms with E-state index in [1.54, 1.807) is 0 Å². The summed E-state index contributed by atoms with van der Waals surface area (Å²) in [4.78, 5) is 3.20. The molecule has 0 aliphatic heterocycles. The Hall–Kier alpha value is -0.800. The van der Waals surface area contributed by atoms with E-state index in [9.17, 15) is 0 Å². The topological polar surface area (TPSA) is 62.0 Å². The van der Waals surface area contributed by atoms with Gasteiger partial charge in [0, 0.05) is 18.4 Å². The number of aryl methyl sites for hydroxylation is 1. The summed E-state index contributed by atoms with van der Waals surface area (Å²) >= 11 is 0. The Labute approximate surface area is 86.3 Å². The number of nitrogens with one attached hydrogen (secondary N) is 1. The lowest BCUT2D eigenvalue weighted by atomic mass is 10.2. The van der Waals surface area contributed by atoms with E-state index < -0.39 is 0 Å². The van der Waals surface area contributed by atoms with Crippen molar-refractivity contribution < 1.29 is 5.11 Å². The second-order valence-corrected chi connectivity index (χ2v) is 3.16. The third-order valence-electron chi connectivity index (χ3n) is 1.84. The number of rotatable bonds is 5. The van der Waals surface area contributed by atoms with E-state index in [4.69, 9.17) is 10.8 Å². The van der Waals surface area contributed by atoms with Crippen molar-refractivity contribution in [1.82, 2.24) is 4.98 Å². The zero-order valence-corrected chi connectivity index (χ0v) is 9.00. The van der Waals surface area contributed by atoms with E-state index in [0.717, 1.165) is 0 Å². The second-order valence-electron chi connectivity index (χ2n) is 3.16. The Morgan fingerprint density at radius 3 is 2.57 bits per heavy atom. The standard InChI is InChI=1S/C9H15N.C2H7NO/c1-2-3-4-6-9-7-5-8-10-9;3-1-2-4/h5,7-8,10H,2-4,6H2,1H3;4H,1-3H2. The Bertz CT molecular complexity index is 183. The zero-order valence-electron chi connectivity index (χ0n) is 9.00. The summed E-state index contributed by atoms with van der Waals surface area (Å²) in [6.45, 7) is 2.70. The average Bonchev–Trinajstić information content (AvgIpc) is 2.72. The summed E-state index contributed by atoms with van der Waals surface area (Å²) in [6.07, 6.45) is 7.17. The molecule has 0 aliphatic rings. The van der Waals surface area contributed by atoms with E-state index in [1.165, 1.54) is 31.4 Å². The van der Waals surface area contributed by atoms with Crippen LogP contribution in [-0.4, -0.2) is 23.2 Å². The summed E-state index contributed by atoms with van der Waals surface area (Å²) < 4.78 is 0. The molecule has 0 aliphatic carbocycles. The normalized spacial score (nSPS) is 9.36. The molecule has 0 atom stereocenters. The summed E-state index contributed by atoms with van der Waals surface area (Å²) in [5, 5.41) is 7.75. The van der Waals surface area contributed by atoms with Crippen molar-refractivity contribution in [2.45, 2.75) is 32.6 Å². The van der Waals surface area contributed by atoms with E-state index in [2.05, 4.69) is 24.0 Å². The largest absolute Gasteiger partial charge is 0.395 e. The van der Waals surface area contributed by atoms with Crippen LogP contribution in [0.5, 0.6) is 0 Å². The van der Waals surface area contributed by atoms with Gasteiger partial charge in [-0.15, -0.1) is 0 Å². The van der Waals surface area contributed by atoms with Crippen molar-refractivity contribution in [3.05, 3.63) is 24.0 Å². The number of aliphatic hydroxyl groups is 1. The van der Waals surface area contributed by atoms with Gasteiger partial charge in [0.2, 0.25) is 0 Å². The van der Waals surface area contributed by atoms with Crippen LogP contribution >= 0.6 is 0 Å². The maximum absolute atomic E-state index is 7.75. The number of nitrogens with two attached hydrogens (primary N) is 1. The van der Waals surface area contributed by atoms with Crippen molar-refractivity contribution >= 4 is 0 Å². The van der Waals surface area contributed by atoms with Gasteiger partial charge in [0.05, 0.1) is 6.61 Å². The van der Waals surface area contributed by atoms with E-state index in [-0.39, 0.29) is 6.61 Å². The van der Waals surface area contributed by atoms with Crippen LogP contribution in [0.25, 0.3) is 0 Å². The van der Waals surface area contributed by atoms with Crippen LogP contribution in [0.1, 0.15) is 31.9 Å². The molecule has 82 valence electrons. The van der Waals surface area contributed by atoms with Crippen molar-refractivity contribution in [2.75, 3.05) is 13.2 Å². The molecule has 14 heavy (non-hydrogen) atoms. The lowest BCUT2D eigenvalue weighted by Crippen LogP contribution is -2.02. The number of unbranched alkanes of at least 4 members (excludes halogenated alkanes) is 2. The number of aliphatic hydroxyl groups excluding tert-OH is 1. The number of hydrogen-bond acceptors (Lipinski definition) is 2. The maximum atomic E-state index is 7.75. The molecule has 0 amide bonds. The molecule has 1 aromatic heterocycles. The SMILES string of the molecule is CCCCCc1ccc[nH]1.NCCO. The zero-order chi connectivity index (χ0) is 10.6. The average molecular weight is 198 g/mol. The van der Waals surface area contributed by atoms with Gasteiger partial charge in [-0.25, -0.2) is 0 Å². The van der Waals surface area contributed by atoms with Gasteiger partial charge in [-0.05, 0) is 25.0 Å². The molecule has 0 unspecified atom stereocenters. The van der Waals surface area contributed by atoms with E-state index >= 15 is 0 Å². The monoisotopic (exact) mass is 198 g/mol. The highest BCUT2D eigenvalue weighted by molar-refractivity contribution is 5.03. The third kappa shape index (κ3) is 7.83. The molecule has 0 spiro atoms. The van der Waals surface area contributed by atoms with Gasteiger partial charge >= 0.3 is 0 Å². The highest BCUT2D eigenvalue weighted by Crippen LogP contribution is 2.02. The molecule has 4 N–H and O–H groups in total. The van der Waals surface area contributed by atoms with Gasteiger partial charge in [-0.1, -0.05) is 19.8 Å². The highest BCUT2D eigenvalue weighted by Gasteiger charge is 1.90. The molecule has 0 saturated carbocycles. The van der Waals surface area contributed by atoms with Crippen LogP contribution in [0.2, 0.25) is 0 Å². The fourth-order valence-electron chi connectivity index (χ4n) is 1.09. The number of aromatic nitrogens is 1. The molecule has 3 nitrogen and oxygen atoms in total. The van der Waals surface area contributed by atoms with Crippen molar-refractivity contribution in [2.24, 2.45) is 5.73 Å². The molecule has 0 bridgehead atoms. The summed E-state index contributed by atoms with van der Waals surface area (Å²) in [7, 11) is 0. The molecule has 1 heterocycles. The van der Waals surface area contributed by atoms with E-state index in [0.29, 0.717) is 6.54 Å². The van der Waals surface area contributed by atoms with Gasteiger partial charge in [0.25, 0.3) is 0 Å². The fraction of sp³-hybridized carbons (Fsp3) is 0.636. The summed E-state index contributed by atoms with van der Waals surface area (Å²) in [5.74, 6) is 0. The third-order valence-corrected chi connectivity index (χ3v) is 1.84. The number of H-pyrrole nitrogens is 1. The van der Waals surface area contributed by atoms with Crippen molar-refractivity contribution in [3.8, 4) is 0 Å². The van der Waals surface area contributed by atoms with Gasteiger partial charge in [-0.2, -0.15) is 0 Å². The molecule has 0 aromatic carbocycles. The van der Waals surface area contributed by atoms with Crippen LogP contribution in [0, 0.1) is 0 Å². The Kier molecular flexibility index (Phi) is 9.69. The highest BCUT2D eigenvalue weighted by atomic mass is 16.3. The van der Waals surface area contributed by atoms with Crippen molar-refractivity contribution in [3.63, 3.8) is 0 Å². The molecule has 1 rings (SSSR count). The lowest BCUT2D eigenvalue weighted by molar-refractivity contribution is 0.306. The molecule has 0 fully saturated rings. The predicted octanol–water partition coefficient (Wildman–Crippen LogP) is 1.68. The van der Waals surface area contributed by atoms with Crippen LogP contribution in [0.15, 0.2) is 18.3 Å². The van der Waals surface area contributed by atoms with Crippen LogP contribution < -0.4 is 5.73 Å². The number of aromatic amines is 1.